The highest BCUT2D eigenvalue weighted by atomic mass is 79.9. The van der Waals surface area contributed by atoms with Crippen molar-refractivity contribution >= 4 is 37.6 Å². The van der Waals surface area contributed by atoms with Gasteiger partial charge in [0.2, 0.25) is 10.0 Å². The lowest BCUT2D eigenvalue weighted by Gasteiger charge is -2.13. The summed E-state index contributed by atoms with van der Waals surface area (Å²) in [6, 6.07) is 4.49. The van der Waals surface area contributed by atoms with Crippen LogP contribution in [0.2, 0.25) is 0 Å². The van der Waals surface area contributed by atoms with Crippen LogP contribution in [-0.2, 0) is 10.0 Å². The van der Waals surface area contributed by atoms with Gasteiger partial charge in [-0.2, -0.15) is 0 Å². The van der Waals surface area contributed by atoms with E-state index in [1.54, 1.807) is 12.1 Å². The van der Waals surface area contributed by atoms with Crippen LogP contribution < -0.4 is 4.72 Å². The number of rotatable bonds is 6. The lowest BCUT2D eigenvalue weighted by Crippen LogP contribution is -2.20. The lowest BCUT2D eigenvalue weighted by atomic mass is 10.2. The van der Waals surface area contributed by atoms with Gasteiger partial charge in [0.05, 0.1) is 17.0 Å². The standard InChI is InChI=1S/C12H16BrNO4S/c1-8(2)6-7-19(17,18)14-11-9(12(15)16)4-3-5-10(11)13/h3-5,8,14H,6-7H2,1-2H3,(H,15,16). The second kappa shape index (κ2) is 6.38. The first-order valence-corrected chi connectivity index (χ1v) is 8.20. The zero-order chi connectivity index (χ0) is 14.6. The van der Waals surface area contributed by atoms with Crippen molar-refractivity contribution in [2.45, 2.75) is 20.3 Å². The third-order valence-electron chi connectivity index (χ3n) is 2.47. The molecule has 0 aromatic heterocycles. The molecule has 0 spiro atoms. The Morgan fingerprint density at radius 3 is 2.58 bits per heavy atom. The average molecular weight is 350 g/mol. The molecule has 0 atom stereocenters. The number of hydrogen-bond donors (Lipinski definition) is 2. The van der Waals surface area contributed by atoms with E-state index >= 15 is 0 Å². The van der Waals surface area contributed by atoms with Crippen LogP contribution >= 0.6 is 15.9 Å². The van der Waals surface area contributed by atoms with Gasteiger partial charge in [-0.25, -0.2) is 13.2 Å². The molecule has 0 aliphatic heterocycles. The highest BCUT2D eigenvalue weighted by molar-refractivity contribution is 9.10. The molecule has 0 radical (unpaired) electrons. The lowest BCUT2D eigenvalue weighted by molar-refractivity contribution is 0.0698. The minimum Gasteiger partial charge on any atom is -0.478 e. The summed E-state index contributed by atoms with van der Waals surface area (Å²) in [6.45, 7) is 3.85. The molecule has 1 aromatic carbocycles. The first-order chi connectivity index (χ1) is 8.73. The topological polar surface area (TPSA) is 83.5 Å². The van der Waals surface area contributed by atoms with Crippen LogP contribution in [0.5, 0.6) is 0 Å². The summed E-state index contributed by atoms with van der Waals surface area (Å²) in [7, 11) is -3.55. The monoisotopic (exact) mass is 349 g/mol. The number of nitrogens with one attached hydrogen (secondary N) is 1. The molecule has 0 bridgehead atoms. The fourth-order valence-electron chi connectivity index (χ4n) is 1.40. The SMILES string of the molecule is CC(C)CCS(=O)(=O)Nc1c(Br)cccc1C(=O)O. The number of hydrogen-bond acceptors (Lipinski definition) is 3. The van der Waals surface area contributed by atoms with Crippen LogP contribution in [0.1, 0.15) is 30.6 Å². The number of carboxylic acids is 1. The molecule has 106 valence electrons. The number of sulfonamides is 1. The molecule has 7 heteroatoms. The van der Waals surface area contributed by atoms with Crippen molar-refractivity contribution < 1.29 is 18.3 Å². The first-order valence-electron chi connectivity index (χ1n) is 5.75. The van der Waals surface area contributed by atoms with Gasteiger partial charge in [0.25, 0.3) is 0 Å². The molecule has 0 fully saturated rings. The summed E-state index contributed by atoms with van der Waals surface area (Å²) in [5.41, 5.74) is -0.0127. The smallest absolute Gasteiger partial charge is 0.337 e. The molecule has 0 heterocycles. The molecule has 5 nitrogen and oxygen atoms in total. The van der Waals surface area contributed by atoms with Crippen LogP contribution in [0.3, 0.4) is 0 Å². The minimum atomic E-state index is -3.55. The third-order valence-corrected chi connectivity index (χ3v) is 4.41. The second-order valence-electron chi connectivity index (χ2n) is 4.57. The largest absolute Gasteiger partial charge is 0.478 e. The molecule has 0 saturated heterocycles. The zero-order valence-electron chi connectivity index (χ0n) is 10.7. The van der Waals surface area contributed by atoms with Crippen LogP contribution in [-0.4, -0.2) is 25.2 Å². The van der Waals surface area contributed by atoms with E-state index in [-0.39, 0.29) is 22.9 Å². The molecular formula is C12H16BrNO4S. The van der Waals surface area contributed by atoms with Crippen molar-refractivity contribution in [3.05, 3.63) is 28.2 Å². The Labute approximate surface area is 121 Å². The Balaban J connectivity index is 3.02. The van der Waals surface area contributed by atoms with Gasteiger partial charge in [-0.05, 0) is 40.4 Å². The summed E-state index contributed by atoms with van der Waals surface area (Å²) in [5, 5.41) is 9.05. The molecule has 0 saturated carbocycles. The summed E-state index contributed by atoms with van der Waals surface area (Å²) in [6.07, 6.45) is 0.516. The average Bonchev–Trinajstić information content (AvgIpc) is 2.29. The highest BCUT2D eigenvalue weighted by Gasteiger charge is 2.18. The van der Waals surface area contributed by atoms with Gasteiger partial charge < -0.3 is 5.11 Å². The number of para-hydroxylation sites is 1. The molecule has 0 amide bonds. The van der Waals surface area contributed by atoms with Gasteiger partial charge in [0.15, 0.2) is 0 Å². The predicted octanol–water partition coefficient (Wildman–Crippen LogP) is 2.94. The summed E-state index contributed by atoms with van der Waals surface area (Å²) < 4.78 is 26.6. The van der Waals surface area contributed by atoms with Crippen molar-refractivity contribution in [2.24, 2.45) is 5.92 Å². The Hall–Kier alpha value is -1.08. The van der Waals surface area contributed by atoms with Crippen molar-refractivity contribution in [1.82, 2.24) is 0 Å². The number of aromatic carboxylic acids is 1. The Bertz CT molecular complexity index is 569. The highest BCUT2D eigenvalue weighted by Crippen LogP contribution is 2.27. The molecule has 1 rings (SSSR count). The predicted molar refractivity (Wildman–Crippen MR) is 78.0 cm³/mol. The van der Waals surface area contributed by atoms with E-state index in [9.17, 15) is 13.2 Å². The van der Waals surface area contributed by atoms with Gasteiger partial charge in [0.1, 0.15) is 0 Å². The molecular weight excluding hydrogens is 334 g/mol. The van der Waals surface area contributed by atoms with Crippen LogP contribution in [0.25, 0.3) is 0 Å². The van der Waals surface area contributed by atoms with Crippen LogP contribution in [0.15, 0.2) is 22.7 Å². The van der Waals surface area contributed by atoms with Crippen LogP contribution in [0, 0.1) is 5.92 Å². The zero-order valence-corrected chi connectivity index (χ0v) is 13.1. The third kappa shape index (κ3) is 4.83. The van der Waals surface area contributed by atoms with Crippen LogP contribution in [0.4, 0.5) is 5.69 Å². The molecule has 0 aliphatic carbocycles. The van der Waals surface area contributed by atoms with Gasteiger partial charge in [-0.3, -0.25) is 4.72 Å². The van der Waals surface area contributed by atoms with Gasteiger partial charge >= 0.3 is 5.97 Å². The maximum atomic E-state index is 11.9. The number of benzene rings is 1. The van der Waals surface area contributed by atoms with E-state index < -0.39 is 16.0 Å². The maximum Gasteiger partial charge on any atom is 0.337 e. The Kier molecular flexibility index (Phi) is 5.37. The van der Waals surface area contributed by atoms with Crippen molar-refractivity contribution in [2.75, 3.05) is 10.5 Å². The Morgan fingerprint density at radius 1 is 1.42 bits per heavy atom. The van der Waals surface area contributed by atoms with E-state index in [0.29, 0.717) is 10.9 Å². The van der Waals surface area contributed by atoms with Crippen molar-refractivity contribution in [3.63, 3.8) is 0 Å². The van der Waals surface area contributed by atoms with E-state index in [1.807, 2.05) is 13.8 Å². The number of anilines is 1. The first kappa shape index (κ1) is 16.0. The summed E-state index contributed by atoms with van der Waals surface area (Å²) in [5.74, 6) is -0.956. The fraction of sp³-hybridized carbons (Fsp3) is 0.417. The van der Waals surface area contributed by atoms with E-state index in [1.165, 1.54) is 6.07 Å². The van der Waals surface area contributed by atoms with Crippen molar-refractivity contribution in [3.8, 4) is 0 Å². The van der Waals surface area contributed by atoms with Gasteiger partial charge in [0, 0.05) is 4.47 Å². The fourth-order valence-corrected chi connectivity index (χ4v) is 3.41. The molecule has 0 unspecified atom stereocenters. The quantitative estimate of drug-likeness (QED) is 0.826. The second-order valence-corrected chi connectivity index (χ2v) is 7.27. The maximum absolute atomic E-state index is 11.9. The molecule has 1 aromatic rings. The van der Waals surface area contributed by atoms with Gasteiger partial charge in [-0.1, -0.05) is 19.9 Å². The molecule has 19 heavy (non-hydrogen) atoms. The summed E-state index contributed by atoms with van der Waals surface area (Å²) in [4.78, 5) is 11.1. The molecule has 0 aliphatic rings. The van der Waals surface area contributed by atoms with Gasteiger partial charge in [-0.15, -0.1) is 0 Å². The molecule has 2 N–H and O–H groups in total. The number of carbonyl (C=O) groups is 1. The number of halogens is 1. The summed E-state index contributed by atoms with van der Waals surface area (Å²) >= 11 is 3.16. The number of carboxylic acid groups (broad SMARTS) is 1. The van der Waals surface area contributed by atoms with E-state index in [2.05, 4.69) is 20.7 Å². The van der Waals surface area contributed by atoms with E-state index in [4.69, 9.17) is 5.11 Å². The Morgan fingerprint density at radius 2 is 2.05 bits per heavy atom. The van der Waals surface area contributed by atoms with E-state index in [0.717, 1.165) is 0 Å². The van der Waals surface area contributed by atoms with Crippen molar-refractivity contribution in [1.29, 1.82) is 0 Å². The normalized spacial score (nSPS) is 11.6. The minimum absolute atomic E-state index is 0.0366.